The molecule has 2 aliphatic rings. The summed E-state index contributed by atoms with van der Waals surface area (Å²) >= 11 is 0. The van der Waals surface area contributed by atoms with Crippen LogP contribution in [0.25, 0.3) is 0 Å². The number of hydrogen-bond donors (Lipinski definition) is 1. The highest BCUT2D eigenvalue weighted by Crippen LogP contribution is 2.41. The second kappa shape index (κ2) is 7.89. The van der Waals surface area contributed by atoms with Gasteiger partial charge in [0.1, 0.15) is 17.3 Å². The van der Waals surface area contributed by atoms with E-state index in [0.717, 1.165) is 43.6 Å². The minimum Gasteiger partial charge on any atom is -0.496 e. The number of methoxy groups -OCH3 is 1. The molecule has 1 saturated heterocycles. The van der Waals surface area contributed by atoms with Crippen LogP contribution in [0, 0.1) is 11.2 Å². The van der Waals surface area contributed by atoms with E-state index in [-0.39, 0.29) is 22.7 Å². The van der Waals surface area contributed by atoms with E-state index in [1.54, 1.807) is 19.4 Å². The molecule has 5 nitrogen and oxygen atoms in total. The van der Waals surface area contributed by atoms with Crippen molar-refractivity contribution in [2.24, 2.45) is 5.41 Å². The van der Waals surface area contributed by atoms with Crippen LogP contribution < -0.4 is 15.0 Å². The second-order valence-electron chi connectivity index (χ2n) is 9.46. The van der Waals surface area contributed by atoms with Gasteiger partial charge in [-0.2, -0.15) is 0 Å². The Bertz CT molecular complexity index is 940. The zero-order valence-electron chi connectivity index (χ0n) is 18.0. The van der Waals surface area contributed by atoms with Crippen molar-refractivity contribution in [1.29, 1.82) is 0 Å². The molecular formula is C24H30FN3O2. The molecule has 0 radical (unpaired) electrons. The molecule has 1 aliphatic carbocycles. The number of pyridine rings is 1. The van der Waals surface area contributed by atoms with Crippen LogP contribution in [0.1, 0.15) is 55.6 Å². The molecule has 1 aromatic carbocycles. The van der Waals surface area contributed by atoms with E-state index >= 15 is 0 Å². The molecule has 2 fully saturated rings. The topological polar surface area (TPSA) is 54.5 Å². The maximum atomic E-state index is 13.7. The number of nitrogens with zero attached hydrogens (tertiary/aromatic N) is 2. The summed E-state index contributed by atoms with van der Waals surface area (Å²) in [7, 11) is 1.58. The Balaban J connectivity index is 1.47. The van der Waals surface area contributed by atoms with Gasteiger partial charge in [-0.25, -0.2) is 4.39 Å². The number of carbonyl (C=O) groups excluding carboxylic acids is 1. The zero-order valence-corrected chi connectivity index (χ0v) is 18.0. The molecule has 6 heteroatoms. The van der Waals surface area contributed by atoms with E-state index in [9.17, 15) is 9.18 Å². The molecule has 4 rings (SSSR count). The number of rotatable bonds is 6. The monoisotopic (exact) mass is 411 g/mol. The maximum absolute atomic E-state index is 13.7. The average molecular weight is 412 g/mol. The minimum atomic E-state index is -0.358. The first-order chi connectivity index (χ1) is 14.3. The lowest BCUT2D eigenvalue weighted by Gasteiger charge is -2.39. The Hall–Kier alpha value is -2.63. The highest BCUT2D eigenvalue weighted by molar-refractivity contribution is 5.94. The van der Waals surface area contributed by atoms with Gasteiger partial charge in [-0.05, 0) is 73.4 Å². The Morgan fingerprint density at radius 3 is 2.73 bits per heavy atom. The first-order valence-corrected chi connectivity index (χ1v) is 10.7. The van der Waals surface area contributed by atoms with E-state index in [1.807, 2.05) is 12.1 Å². The lowest BCUT2D eigenvalue weighted by Crippen LogP contribution is -2.41. The van der Waals surface area contributed by atoms with E-state index in [1.165, 1.54) is 18.6 Å². The number of nitrogens with one attached hydrogen (secondary N) is 1. The van der Waals surface area contributed by atoms with Gasteiger partial charge < -0.3 is 15.0 Å². The molecule has 0 spiro atoms. The Morgan fingerprint density at radius 1 is 1.23 bits per heavy atom. The summed E-state index contributed by atoms with van der Waals surface area (Å²) < 4.78 is 19.1. The van der Waals surface area contributed by atoms with E-state index < -0.39 is 0 Å². The lowest BCUT2D eigenvalue weighted by atomic mass is 9.84. The van der Waals surface area contributed by atoms with Crippen molar-refractivity contribution in [3.8, 4) is 5.75 Å². The van der Waals surface area contributed by atoms with Gasteiger partial charge in [0.05, 0.1) is 7.11 Å². The van der Waals surface area contributed by atoms with Crippen molar-refractivity contribution in [3.05, 3.63) is 53.6 Å². The maximum Gasteiger partial charge on any atom is 0.270 e. The molecule has 2 heterocycles. The van der Waals surface area contributed by atoms with E-state index in [0.29, 0.717) is 17.9 Å². The summed E-state index contributed by atoms with van der Waals surface area (Å²) in [6.45, 7) is 6.54. The fraction of sp³-hybridized carbons (Fsp3) is 0.500. The van der Waals surface area contributed by atoms with Crippen LogP contribution in [-0.2, 0) is 6.42 Å². The summed E-state index contributed by atoms with van der Waals surface area (Å²) in [4.78, 5) is 19.6. The molecular weight excluding hydrogens is 381 g/mol. The number of anilines is 1. The van der Waals surface area contributed by atoms with Crippen LogP contribution in [0.5, 0.6) is 5.75 Å². The van der Waals surface area contributed by atoms with Gasteiger partial charge in [-0.15, -0.1) is 0 Å². The summed E-state index contributed by atoms with van der Waals surface area (Å²) in [5.41, 5.74) is 2.15. The van der Waals surface area contributed by atoms with Gasteiger partial charge in [-0.3, -0.25) is 9.78 Å². The van der Waals surface area contributed by atoms with Crippen LogP contribution in [0.2, 0.25) is 0 Å². The van der Waals surface area contributed by atoms with Crippen LogP contribution in [0.3, 0.4) is 0 Å². The Morgan fingerprint density at radius 2 is 2.03 bits per heavy atom. The SMILES string of the molecule is COc1ccc(F)cc1CC1(NC(=O)c2cc(N3CCCC(C)(C)C3)ccn2)CC1. The van der Waals surface area contributed by atoms with E-state index in [2.05, 4.69) is 29.0 Å². The minimum absolute atomic E-state index is 0.180. The molecule has 30 heavy (non-hydrogen) atoms. The third-order valence-corrected chi connectivity index (χ3v) is 6.25. The molecule has 1 aromatic heterocycles. The highest BCUT2D eigenvalue weighted by atomic mass is 19.1. The largest absolute Gasteiger partial charge is 0.496 e. The fourth-order valence-corrected chi connectivity index (χ4v) is 4.44. The van der Waals surface area contributed by atoms with E-state index in [4.69, 9.17) is 4.74 Å². The van der Waals surface area contributed by atoms with Crippen molar-refractivity contribution < 1.29 is 13.9 Å². The first kappa shape index (κ1) is 20.6. The molecule has 160 valence electrons. The molecule has 2 aromatic rings. The zero-order chi connectivity index (χ0) is 21.4. The van der Waals surface area contributed by atoms with Crippen molar-refractivity contribution >= 4 is 11.6 Å². The van der Waals surface area contributed by atoms with Gasteiger partial charge in [0.15, 0.2) is 0 Å². The van der Waals surface area contributed by atoms with Gasteiger partial charge in [0.2, 0.25) is 0 Å². The first-order valence-electron chi connectivity index (χ1n) is 10.7. The van der Waals surface area contributed by atoms with Gasteiger partial charge in [0.25, 0.3) is 5.91 Å². The lowest BCUT2D eigenvalue weighted by molar-refractivity contribution is 0.0926. The number of carbonyl (C=O) groups is 1. The highest BCUT2D eigenvalue weighted by Gasteiger charge is 2.45. The Labute approximate surface area is 177 Å². The number of benzene rings is 1. The quantitative estimate of drug-likeness (QED) is 0.767. The number of hydrogen-bond acceptors (Lipinski definition) is 4. The molecule has 0 bridgehead atoms. The third-order valence-electron chi connectivity index (χ3n) is 6.25. The number of halogens is 1. The number of piperidine rings is 1. The summed E-state index contributed by atoms with van der Waals surface area (Å²) in [6, 6.07) is 8.37. The normalized spacial score (nSPS) is 19.3. The second-order valence-corrected chi connectivity index (χ2v) is 9.46. The van der Waals surface area contributed by atoms with Gasteiger partial charge in [-0.1, -0.05) is 13.8 Å². The van der Waals surface area contributed by atoms with Crippen molar-refractivity contribution in [1.82, 2.24) is 10.3 Å². The number of ether oxygens (including phenoxy) is 1. The van der Waals surface area contributed by atoms with Crippen molar-refractivity contribution in [3.63, 3.8) is 0 Å². The number of aromatic nitrogens is 1. The molecule has 1 aliphatic heterocycles. The molecule has 1 N–H and O–H groups in total. The molecule has 1 saturated carbocycles. The van der Waals surface area contributed by atoms with Crippen LogP contribution in [-0.4, -0.2) is 36.6 Å². The van der Waals surface area contributed by atoms with Crippen molar-refractivity contribution in [2.75, 3.05) is 25.1 Å². The molecule has 0 atom stereocenters. The van der Waals surface area contributed by atoms with Crippen LogP contribution in [0.15, 0.2) is 36.5 Å². The number of amides is 1. The smallest absolute Gasteiger partial charge is 0.270 e. The predicted octanol–water partition coefficient (Wildman–Crippen LogP) is 4.36. The standard InChI is InChI=1S/C24H30FN3O2/c1-23(2)8-4-12-28(16-23)19-7-11-26-20(14-19)22(29)27-24(9-10-24)15-17-13-18(25)5-6-21(17)30-3/h5-7,11,13-14H,4,8-10,12,15-16H2,1-3H3,(H,27,29). The summed E-state index contributed by atoms with van der Waals surface area (Å²) in [5.74, 6) is 0.164. The predicted molar refractivity (Wildman–Crippen MR) is 116 cm³/mol. The third kappa shape index (κ3) is 4.58. The Kier molecular flexibility index (Phi) is 5.43. The van der Waals surface area contributed by atoms with Crippen LogP contribution >= 0.6 is 0 Å². The average Bonchev–Trinajstić information content (AvgIpc) is 3.46. The van der Waals surface area contributed by atoms with Crippen molar-refractivity contribution in [2.45, 2.75) is 51.5 Å². The molecule has 1 amide bonds. The van der Waals surface area contributed by atoms with Gasteiger partial charge >= 0.3 is 0 Å². The fourth-order valence-electron chi connectivity index (χ4n) is 4.44. The molecule has 0 unspecified atom stereocenters. The summed E-state index contributed by atoms with van der Waals surface area (Å²) in [6.07, 6.45) is 6.33. The van der Waals surface area contributed by atoms with Gasteiger partial charge in [0, 0.05) is 30.5 Å². The summed E-state index contributed by atoms with van der Waals surface area (Å²) in [5, 5.41) is 3.15. The van der Waals surface area contributed by atoms with Crippen LogP contribution in [0.4, 0.5) is 10.1 Å².